The molecule has 9 nitrogen and oxygen atoms in total. The highest BCUT2D eigenvalue weighted by Gasteiger charge is 2.68. The number of nitrogens with one attached hydrogen (secondary N) is 1. The molecule has 0 saturated heterocycles. The van der Waals surface area contributed by atoms with Gasteiger partial charge in [0, 0.05) is 18.4 Å². The number of aliphatic hydroxyl groups excluding tert-OH is 1. The van der Waals surface area contributed by atoms with Gasteiger partial charge < -0.3 is 25.4 Å². The zero-order valence-electron chi connectivity index (χ0n) is 19.8. The van der Waals surface area contributed by atoms with Gasteiger partial charge in [0.2, 0.25) is 5.78 Å². The van der Waals surface area contributed by atoms with E-state index in [4.69, 9.17) is 9.84 Å². The van der Waals surface area contributed by atoms with Crippen LogP contribution in [0.2, 0.25) is 0 Å². The van der Waals surface area contributed by atoms with Crippen molar-refractivity contribution in [3.05, 3.63) is 11.6 Å². The number of carbonyl (C=O) groups is 4. The number of Topliss-reactive ketones (excluding diaryl/α,β-unsaturated/α-hetero) is 1. The zero-order chi connectivity index (χ0) is 24.9. The highest BCUT2D eigenvalue weighted by molar-refractivity contribution is 5.92. The number of ether oxygens (including phenoxy) is 1. The molecule has 0 aromatic heterocycles. The molecule has 0 aliphatic heterocycles. The van der Waals surface area contributed by atoms with E-state index < -0.39 is 41.6 Å². The average molecular weight is 478 g/mol. The quantitative estimate of drug-likeness (QED) is 0.454. The van der Waals surface area contributed by atoms with Crippen LogP contribution in [-0.2, 0) is 19.1 Å². The number of carboxylic acids is 1. The van der Waals surface area contributed by atoms with Gasteiger partial charge in [-0.2, -0.15) is 0 Å². The van der Waals surface area contributed by atoms with Gasteiger partial charge in [0.15, 0.2) is 12.4 Å². The number of amides is 1. The number of ketones is 2. The third kappa shape index (κ3) is 3.86. The lowest BCUT2D eigenvalue weighted by atomic mass is 9.45. The normalized spacial score (nSPS) is 40.9. The number of aliphatic hydroxyl groups is 2. The molecule has 0 aromatic rings. The number of carboxylic acid groups (broad SMARTS) is 1. The molecule has 34 heavy (non-hydrogen) atoms. The Morgan fingerprint density at radius 3 is 2.62 bits per heavy atom. The van der Waals surface area contributed by atoms with Crippen molar-refractivity contribution in [3.8, 4) is 0 Å². The fraction of sp³-hybridized carbons (Fsp3) is 0.760. The molecule has 9 heteroatoms. The standard InChI is InChI=1S/C25H35NO8/c1-23-8-5-15(27)11-14(23)3-4-16-17-6-9-25(33,24(17,2)12-18(28)21(16)23)19(29)13-34-22(32)26-10-7-20(30)31/h11,16-18,21,28,33H,3-10,12-13H2,1-2H3,(H,26,32)(H,30,31)/t16?,17?,18?,21?,23?,24?,25-/m0/s1. The van der Waals surface area contributed by atoms with Crippen molar-refractivity contribution >= 4 is 23.6 Å². The van der Waals surface area contributed by atoms with Crippen LogP contribution in [-0.4, -0.2) is 63.8 Å². The summed E-state index contributed by atoms with van der Waals surface area (Å²) in [6.45, 7) is 3.28. The highest BCUT2D eigenvalue weighted by atomic mass is 16.6. The van der Waals surface area contributed by atoms with Crippen LogP contribution in [0.15, 0.2) is 11.6 Å². The minimum absolute atomic E-state index is 0.0209. The van der Waals surface area contributed by atoms with Gasteiger partial charge in [0.25, 0.3) is 0 Å². The van der Waals surface area contributed by atoms with Crippen LogP contribution < -0.4 is 5.32 Å². The van der Waals surface area contributed by atoms with Crippen molar-refractivity contribution < 1.29 is 39.2 Å². The molecule has 0 bridgehead atoms. The van der Waals surface area contributed by atoms with Crippen molar-refractivity contribution in [3.63, 3.8) is 0 Å². The maximum atomic E-state index is 13.1. The van der Waals surface area contributed by atoms with Gasteiger partial charge in [0.1, 0.15) is 5.60 Å². The lowest BCUT2D eigenvalue weighted by molar-refractivity contribution is -0.182. The molecule has 0 radical (unpaired) electrons. The molecule has 7 atom stereocenters. The largest absolute Gasteiger partial charge is 0.481 e. The van der Waals surface area contributed by atoms with Gasteiger partial charge in [-0.05, 0) is 67.8 Å². The second-order valence-corrected chi connectivity index (χ2v) is 11.0. The SMILES string of the molecule is CC12CCC(=O)C=C1CCC1C2C(O)CC2(C)C1CC[C@]2(O)C(=O)COC(=O)NCCC(=O)O. The molecule has 4 aliphatic rings. The van der Waals surface area contributed by atoms with Crippen LogP contribution in [0, 0.1) is 28.6 Å². The van der Waals surface area contributed by atoms with Crippen LogP contribution in [0.25, 0.3) is 0 Å². The van der Waals surface area contributed by atoms with Crippen LogP contribution in [0.1, 0.15) is 65.2 Å². The summed E-state index contributed by atoms with van der Waals surface area (Å²) in [6.07, 6.45) is 3.82. The van der Waals surface area contributed by atoms with Crippen molar-refractivity contribution in [2.24, 2.45) is 28.6 Å². The number of fused-ring (bicyclic) bond motifs is 5. The average Bonchev–Trinajstić information content (AvgIpc) is 3.03. The number of allylic oxidation sites excluding steroid dienone is 1. The summed E-state index contributed by atoms with van der Waals surface area (Å²) in [5.41, 5.74) is -1.70. The number of carbonyl (C=O) groups excluding carboxylic acids is 3. The smallest absolute Gasteiger partial charge is 0.407 e. The van der Waals surface area contributed by atoms with E-state index in [9.17, 15) is 29.4 Å². The van der Waals surface area contributed by atoms with E-state index >= 15 is 0 Å². The van der Waals surface area contributed by atoms with Gasteiger partial charge in [-0.15, -0.1) is 0 Å². The summed E-state index contributed by atoms with van der Waals surface area (Å²) in [7, 11) is 0. The van der Waals surface area contributed by atoms with Crippen molar-refractivity contribution in [1.82, 2.24) is 5.32 Å². The molecule has 4 aliphatic carbocycles. The van der Waals surface area contributed by atoms with Crippen molar-refractivity contribution in [1.29, 1.82) is 0 Å². The summed E-state index contributed by atoms with van der Waals surface area (Å²) in [6, 6.07) is 0. The molecule has 6 unspecified atom stereocenters. The highest BCUT2D eigenvalue weighted by Crippen LogP contribution is 2.67. The molecular weight excluding hydrogens is 442 g/mol. The lowest BCUT2D eigenvalue weighted by Gasteiger charge is -2.60. The number of hydrogen-bond donors (Lipinski definition) is 4. The van der Waals surface area contributed by atoms with Crippen LogP contribution in [0.5, 0.6) is 0 Å². The fourth-order valence-corrected chi connectivity index (χ4v) is 7.72. The number of aliphatic carboxylic acids is 1. The lowest BCUT2D eigenvalue weighted by Crippen LogP contribution is -2.62. The van der Waals surface area contributed by atoms with Gasteiger partial charge in [-0.25, -0.2) is 4.79 Å². The Morgan fingerprint density at radius 2 is 1.91 bits per heavy atom. The summed E-state index contributed by atoms with van der Waals surface area (Å²) < 4.78 is 4.96. The van der Waals surface area contributed by atoms with Crippen molar-refractivity contribution in [2.75, 3.05) is 13.2 Å². The first-order chi connectivity index (χ1) is 15.9. The molecule has 3 fully saturated rings. The zero-order valence-corrected chi connectivity index (χ0v) is 19.8. The maximum absolute atomic E-state index is 13.1. The van der Waals surface area contributed by atoms with E-state index in [0.29, 0.717) is 19.3 Å². The Labute approximate surface area is 198 Å². The molecule has 4 rings (SSSR count). The number of alkyl carbamates (subject to hydrolysis) is 1. The topological polar surface area (TPSA) is 150 Å². The molecule has 0 aromatic carbocycles. The molecule has 0 heterocycles. The molecular formula is C25H35NO8. The molecule has 1 amide bonds. The van der Waals surface area contributed by atoms with Crippen molar-refractivity contribution in [2.45, 2.75) is 76.9 Å². The van der Waals surface area contributed by atoms with E-state index in [0.717, 1.165) is 18.4 Å². The molecule has 3 saturated carbocycles. The summed E-state index contributed by atoms with van der Waals surface area (Å²) in [5.74, 6) is -1.37. The molecule has 0 spiro atoms. The maximum Gasteiger partial charge on any atom is 0.407 e. The van der Waals surface area contributed by atoms with E-state index in [2.05, 4.69) is 12.2 Å². The van der Waals surface area contributed by atoms with E-state index in [1.165, 1.54) is 0 Å². The first-order valence-electron chi connectivity index (χ1n) is 12.2. The second-order valence-electron chi connectivity index (χ2n) is 11.0. The summed E-state index contributed by atoms with van der Waals surface area (Å²) >= 11 is 0. The monoisotopic (exact) mass is 477 g/mol. The third-order valence-electron chi connectivity index (χ3n) is 9.45. The Balaban J connectivity index is 1.49. The first-order valence-corrected chi connectivity index (χ1v) is 12.2. The van der Waals surface area contributed by atoms with Gasteiger partial charge in [-0.1, -0.05) is 19.4 Å². The number of hydrogen-bond acceptors (Lipinski definition) is 7. The van der Waals surface area contributed by atoms with Crippen LogP contribution in [0.3, 0.4) is 0 Å². The van der Waals surface area contributed by atoms with E-state index in [1.807, 2.05) is 6.92 Å². The fourth-order valence-electron chi connectivity index (χ4n) is 7.72. The van der Waals surface area contributed by atoms with E-state index in [1.54, 1.807) is 6.08 Å². The predicted molar refractivity (Wildman–Crippen MR) is 120 cm³/mol. The second kappa shape index (κ2) is 8.75. The van der Waals surface area contributed by atoms with Gasteiger partial charge >= 0.3 is 12.1 Å². The minimum Gasteiger partial charge on any atom is -0.481 e. The van der Waals surface area contributed by atoms with Gasteiger partial charge in [-0.3, -0.25) is 14.4 Å². The Kier molecular flexibility index (Phi) is 6.40. The van der Waals surface area contributed by atoms with Crippen LogP contribution >= 0.6 is 0 Å². The summed E-state index contributed by atoms with van der Waals surface area (Å²) in [5, 5.41) is 33.9. The Bertz CT molecular complexity index is 930. The number of rotatable bonds is 6. The third-order valence-corrected chi connectivity index (χ3v) is 9.45. The van der Waals surface area contributed by atoms with Crippen LogP contribution in [0.4, 0.5) is 4.79 Å². The minimum atomic E-state index is -1.72. The molecule has 188 valence electrons. The molecule has 4 N–H and O–H groups in total. The summed E-state index contributed by atoms with van der Waals surface area (Å²) in [4.78, 5) is 47.5. The predicted octanol–water partition coefficient (Wildman–Crippen LogP) is 1.99. The Morgan fingerprint density at radius 1 is 1.18 bits per heavy atom. The van der Waals surface area contributed by atoms with Gasteiger partial charge in [0.05, 0.1) is 12.5 Å². The first kappa shape index (κ1) is 24.9. The Hall–Kier alpha value is -2.26. The van der Waals surface area contributed by atoms with E-state index in [-0.39, 0.29) is 54.8 Å².